The number of amides is 1. The Labute approximate surface area is 83.6 Å². The highest BCUT2D eigenvalue weighted by molar-refractivity contribution is 9.10. The molecular weight excluding hydrogens is 236 g/mol. The molecule has 0 N–H and O–H groups in total. The molecule has 0 saturated carbocycles. The van der Waals surface area contributed by atoms with Crippen LogP contribution in [0.4, 0.5) is 10.6 Å². The van der Waals surface area contributed by atoms with Gasteiger partial charge in [-0.05, 0) is 28.1 Å². The molecule has 0 atom stereocenters. The van der Waals surface area contributed by atoms with Gasteiger partial charge in [0.05, 0.1) is 6.54 Å². The van der Waals surface area contributed by atoms with Crippen LogP contribution >= 0.6 is 15.9 Å². The van der Waals surface area contributed by atoms with Crippen molar-refractivity contribution in [2.45, 2.75) is 0 Å². The number of carbonyl (C=O) groups is 1. The van der Waals surface area contributed by atoms with Crippen molar-refractivity contribution >= 4 is 27.8 Å². The van der Waals surface area contributed by atoms with Crippen LogP contribution < -0.4 is 4.90 Å². The van der Waals surface area contributed by atoms with Crippen molar-refractivity contribution in [3.8, 4) is 0 Å². The highest BCUT2D eigenvalue weighted by Crippen LogP contribution is 2.17. The number of hydrogen-bond acceptors (Lipinski definition) is 3. The number of halogens is 1. The van der Waals surface area contributed by atoms with Gasteiger partial charge in [0.15, 0.2) is 0 Å². The van der Waals surface area contributed by atoms with Crippen LogP contribution in [-0.2, 0) is 4.74 Å². The molecule has 2 heterocycles. The number of aromatic nitrogens is 1. The molecule has 5 heteroatoms. The van der Waals surface area contributed by atoms with E-state index in [0.29, 0.717) is 23.6 Å². The molecule has 4 nitrogen and oxygen atoms in total. The average Bonchev–Trinajstić information content (AvgIpc) is 2.51. The van der Waals surface area contributed by atoms with Crippen LogP contribution in [-0.4, -0.2) is 24.2 Å². The molecule has 1 aromatic rings. The highest BCUT2D eigenvalue weighted by atomic mass is 79.9. The lowest BCUT2D eigenvalue weighted by Crippen LogP contribution is -2.24. The first-order valence-corrected chi connectivity index (χ1v) is 4.63. The minimum Gasteiger partial charge on any atom is -0.447 e. The van der Waals surface area contributed by atoms with Crippen LogP contribution in [0.25, 0.3) is 0 Å². The second-order valence-electron chi connectivity index (χ2n) is 2.58. The third kappa shape index (κ3) is 1.65. The van der Waals surface area contributed by atoms with Crippen LogP contribution in [0, 0.1) is 0 Å². The van der Waals surface area contributed by atoms with E-state index >= 15 is 0 Å². The van der Waals surface area contributed by atoms with E-state index in [0.717, 1.165) is 0 Å². The molecule has 1 fully saturated rings. The van der Waals surface area contributed by atoms with E-state index in [2.05, 4.69) is 20.9 Å². The van der Waals surface area contributed by atoms with Crippen molar-refractivity contribution in [2.24, 2.45) is 0 Å². The largest absolute Gasteiger partial charge is 0.447 e. The molecule has 0 aliphatic carbocycles. The fourth-order valence-corrected chi connectivity index (χ4v) is 1.48. The molecule has 1 amide bonds. The first-order valence-electron chi connectivity index (χ1n) is 3.84. The van der Waals surface area contributed by atoms with E-state index in [1.165, 1.54) is 4.90 Å². The zero-order valence-corrected chi connectivity index (χ0v) is 8.32. The van der Waals surface area contributed by atoms with Crippen molar-refractivity contribution in [1.82, 2.24) is 4.98 Å². The van der Waals surface area contributed by atoms with Crippen LogP contribution in [0.3, 0.4) is 0 Å². The molecule has 1 aliphatic rings. The molecule has 0 unspecified atom stereocenters. The van der Waals surface area contributed by atoms with Gasteiger partial charge >= 0.3 is 6.09 Å². The number of cyclic esters (lactones) is 1. The van der Waals surface area contributed by atoms with Gasteiger partial charge in [0, 0.05) is 0 Å². The molecular formula is C8H7BrN2O2. The second-order valence-corrected chi connectivity index (χ2v) is 3.40. The zero-order chi connectivity index (χ0) is 9.26. The summed E-state index contributed by atoms with van der Waals surface area (Å²) in [6.45, 7) is 1.01. The maximum atomic E-state index is 11.1. The van der Waals surface area contributed by atoms with Crippen LogP contribution in [0.15, 0.2) is 22.8 Å². The molecule has 2 rings (SSSR count). The molecule has 1 aromatic heterocycles. The first-order chi connectivity index (χ1) is 6.27. The number of nitrogens with zero attached hydrogens (tertiary/aromatic N) is 2. The van der Waals surface area contributed by atoms with Crippen molar-refractivity contribution in [3.63, 3.8) is 0 Å². The van der Waals surface area contributed by atoms with E-state index in [-0.39, 0.29) is 6.09 Å². The smallest absolute Gasteiger partial charge is 0.415 e. The lowest BCUT2D eigenvalue weighted by molar-refractivity contribution is 0.181. The highest BCUT2D eigenvalue weighted by Gasteiger charge is 2.24. The first kappa shape index (κ1) is 8.50. The lowest BCUT2D eigenvalue weighted by atomic mass is 10.4. The summed E-state index contributed by atoms with van der Waals surface area (Å²) < 4.78 is 5.50. The third-order valence-corrected chi connectivity index (χ3v) is 2.18. The van der Waals surface area contributed by atoms with E-state index in [4.69, 9.17) is 4.74 Å². The minimum atomic E-state index is -0.328. The average molecular weight is 243 g/mol. The van der Waals surface area contributed by atoms with Gasteiger partial charge in [0.2, 0.25) is 0 Å². The number of hydrogen-bond donors (Lipinski definition) is 0. The number of rotatable bonds is 1. The SMILES string of the molecule is O=C1OCCN1c1cccc(Br)n1. The summed E-state index contributed by atoms with van der Waals surface area (Å²) in [5, 5.41) is 0. The summed E-state index contributed by atoms with van der Waals surface area (Å²) in [6.07, 6.45) is -0.328. The van der Waals surface area contributed by atoms with Crippen molar-refractivity contribution in [3.05, 3.63) is 22.8 Å². The Hall–Kier alpha value is -1.10. The second kappa shape index (κ2) is 3.33. The summed E-state index contributed by atoms with van der Waals surface area (Å²) in [4.78, 5) is 16.8. The molecule has 0 aromatic carbocycles. The summed E-state index contributed by atoms with van der Waals surface area (Å²) in [5.41, 5.74) is 0. The van der Waals surface area contributed by atoms with E-state index < -0.39 is 0 Å². The van der Waals surface area contributed by atoms with Gasteiger partial charge in [0.25, 0.3) is 0 Å². The van der Waals surface area contributed by atoms with Gasteiger partial charge in [-0.2, -0.15) is 0 Å². The third-order valence-electron chi connectivity index (χ3n) is 1.74. The number of pyridine rings is 1. The maximum absolute atomic E-state index is 11.1. The molecule has 0 bridgehead atoms. The fraction of sp³-hybridized carbons (Fsp3) is 0.250. The Balaban J connectivity index is 2.29. The van der Waals surface area contributed by atoms with Gasteiger partial charge in [-0.3, -0.25) is 4.90 Å². The van der Waals surface area contributed by atoms with Gasteiger partial charge in [-0.1, -0.05) is 6.07 Å². The Morgan fingerprint density at radius 2 is 2.38 bits per heavy atom. The quantitative estimate of drug-likeness (QED) is 0.706. The normalized spacial score (nSPS) is 16.1. The van der Waals surface area contributed by atoms with Crippen molar-refractivity contribution < 1.29 is 9.53 Å². The topological polar surface area (TPSA) is 42.4 Å². The van der Waals surface area contributed by atoms with Crippen molar-refractivity contribution in [2.75, 3.05) is 18.1 Å². The molecule has 68 valence electrons. The Morgan fingerprint density at radius 1 is 1.54 bits per heavy atom. The summed E-state index contributed by atoms with van der Waals surface area (Å²) in [7, 11) is 0. The molecule has 0 spiro atoms. The lowest BCUT2D eigenvalue weighted by Gasteiger charge is -2.10. The van der Waals surface area contributed by atoms with Crippen molar-refractivity contribution in [1.29, 1.82) is 0 Å². The number of ether oxygens (including phenoxy) is 1. The Kier molecular flexibility index (Phi) is 2.18. The van der Waals surface area contributed by atoms with Crippen LogP contribution in [0.1, 0.15) is 0 Å². The van der Waals surface area contributed by atoms with E-state index in [1.807, 2.05) is 12.1 Å². The molecule has 1 saturated heterocycles. The summed E-state index contributed by atoms with van der Waals surface area (Å²) in [5.74, 6) is 0.622. The molecule has 13 heavy (non-hydrogen) atoms. The zero-order valence-electron chi connectivity index (χ0n) is 6.74. The monoisotopic (exact) mass is 242 g/mol. The van der Waals surface area contributed by atoms with Gasteiger partial charge in [0.1, 0.15) is 17.0 Å². The van der Waals surface area contributed by atoms with Gasteiger partial charge < -0.3 is 4.74 Å². The number of anilines is 1. The Morgan fingerprint density at radius 3 is 3.00 bits per heavy atom. The predicted octanol–water partition coefficient (Wildman–Crippen LogP) is 1.80. The van der Waals surface area contributed by atoms with E-state index in [9.17, 15) is 4.79 Å². The summed E-state index contributed by atoms with van der Waals surface area (Å²) in [6, 6.07) is 5.42. The van der Waals surface area contributed by atoms with E-state index in [1.54, 1.807) is 6.07 Å². The summed E-state index contributed by atoms with van der Waals surface area (Å²) >= 11 is 3.24. The Bertz CT molecular complexity index is 343. The van der Waals surface area contributed by atoms with Gasteiger partial charge in [-0.25, -0.2) is 9.78 Å². The number of carbonyl (C=O) groups excluding carboxylic acids is 1. The molecule has 0 radical (unpaired) electrons. The fourth-order valence-electron chi connectivity index (χ4n) is 1.15. The van der Waals surface area contributed by atoms with Crippen LogP contribution in [0.2, 0.25) is 0 Å². The standard InChI is InChI=1S/C8H7BrN2O2/c9-6-2-1-3-7(10-6)11-4-5-13-8(11)12/h1-3H,4-5H2. The van der Waals surface area contributed by atoms with Gasteiger partial charge in [-0.15, -0.1) is 0 Å². The predicted molar refractivity (Wildman–Crippen MR) is 50.6 cm³/mol. The minimum absolute atomic E-state index is 0.328. The molecule has 1 aliphatic heterocycles. The van der Waals surface area contributed by atoms with Crippen LogP contribution in [0.5, 0.6) is 0 Å². The maximum Gasteiger partial charge on any atom is 0.415 e.